The van der Waals surface area contributed by atoms with Crippen LogP contribution in [-0.4, -0.2) is 47.3 Å². The van der Waals surface area contributed by atoms with Crippen molar-refractivity contribution in [1.82, 2.24) is 9.80 Å². The molecule has 0 unspecified atom stereocenters. The molecular formula is C22H25ClF3N3O3. The Labute approximate surface area is 190 Å². The molecule has 0 saturated carbocycles. The number of amides is 1. The van der Waals surface area contributed by atoms with Gasteiger partial charge in [0.05, 0.1) is 22.9 Å². The number of halogens is 4. The molecule has 10 heteroatoms. The highest BCUT2D eigenvalue weighted by molar-refractivity contribution is 5.85. The largest absolute Gasteiger partial charge is 0.416 e. The molecule has 0 radical (unpaired) electrons. The molecule has 0 aromatic heterocycles. The Hall–Kier alpha value is -2.65. The lowest BCUT2D eigenvalue weighted by Gasteiger charge is -2.32. The molecule has 6 nitrogen and oxygen atoms in total. The number of nitro groups is 1. The van der Waals surface area contributed by atoms with Crippen LogP contribution in [0.2, 0.25) is 0 Å². The lowest BCUT2D eigenvalue weighted by molar-refractivity contribution is -0.385. The number of nitrogens with zero attached hydrogens (tertiary/aromatic N) is 3. The number of likely N-dealkylation sites (tertiary alicyclic amines) is 1. The van der Waals surface area contributed by atoms with Gasteiger partial charge in [0.1, 0.15) is 0 Å². The monoisotopic (exact) mass is 471 g/mol. The van der Waals surface area contributed by atoms with Crippen LogP contribution in [0.4, 0.5) is 18.9 Å². The van der Waals surface area contributed by atoms with Crippen molar-refractivity contribution in [2.24, 2.45) is 0 Å². The van der Waals surface area contributed by atoms with E-state index >= 15 is 0 Å². The van der Waals surface area contributed by atoms with Gasteiger partial charge in [-0.2, -0.15) is 13.2 Å². The second kappa shape index (κ2) is 10.8. The van der Waals surface area contributed by atoms with Crippen molar-refractivity contribution in [3.8, 4) is 0 Å². The predicted molar refractivity (Wildman–Crippen MR) is 117 cm³/mol. The smallest absolute Gasteiger partial charge is 0.337 e. The van der Waals surface area contributed by atoms with Gasteiger partial charge in [0, 0.05) is 25.2 Å². The summed E-state index contributed by atoms with van der Waals surface area (Å²) >= 11 is 0. The zero-order valence-electron chi connectivity index (χ0n) is 17.5. The number of hydrogen-bond acceptors (Lipinski definition) is 4. The van der Waals surface area contributed by atoms with E-state index in [0.29, 0.717) is 12.6 Å². The molecule has 2 aromatic rings. The summed E-state index contributed by atoms with van der Waals surface area (Å²) in [5.74, 6) is -0.393. The van der Waals surface area contributed by atoms with E-state index in [1.807, 2.05) is 30.3 Å². The first kappa shape index (κ1) is 25.6. The number of alkyl halides is 3. The van der Waals surface area contributed by atoms with Crippen LogP contribution in [0.5, 0.6) is 0 Å². The quantitative estimate of drug-likeness (QED) is 0.426. The van der Waals surface area contributed by atoms with Crippen molar-refractivity contribution >= 4 is 24.0 Å². The summed E-state index contributed by atoms with van der Waals surface area (Å²) in [7, 11) is 1.63. The van der Waals surface area contributed by atoms with E-state index in [2.05, 4.69) is 4.90 Å². The van der Waals surface area contributed by atoms with E-state index in [1.165, 1.54) is 4.90 Å². The molecule has 1 fully saturated rings. The van der Waals surface area contributed by atoms with Crippen LogP contribution < -0.4 is 0 Å². The third-order valence-corrected chi connectivity index (χ3v) is 5.63. The summed E-state index contributed by atoms with van der Waals surface area (Å²) in [5, 5.41) is 11.3. The van der Waals surface area contributed by atoms with E-state index in [-0.39, 0.29) is 30.4 Å². The fraction of sp³-hybridized carbons (Fsp3) is 0.409. The highest BCUT2D eigenvalue weighted by Gasteiger charge is 2.34. The topological polar surface area (TPSA) is 66.7 Å². The summed E-state index contributed by atoms with van der Waals surface area (Å²) in [6.45, 7) is 2.51. The molecule has 1 aliphatic heterocycles. The maximum atomic E-state index is 13.0. The molecule has 0 N–H and O–H groups in total. The lowest BCUT2D eigenvalue weighted by Crippen LogP contribution is -2.39. The predicted octanol–water partition coefficient (Wildman–Crippen LogP) is 4.87. The second-order valence-electron chi connectivity index (χ2n) is 7.71. The highest BCUT2D eigenvalue weighted by Crippen LogP contribution is 2.33. The average Bonchev–Trinajstić information content (AvgIpc) is 3.24. The minimum atomic E-state index is -4.70. The van der Waals surface area contributed by atoms with Crippen LogP contribution in [0.3, 0.4) is 0 Å². The molecule has 0 spiro atoms. The third-order valence-electron chi connectivity index (χ3n) is 5.63. The standard InChI is InChI=1S/C22H24F3N3O3.ClH/c1-26(20(15-27-11-5-6-12-27)16-7-3-2-4-8-16)21(29)13-17-9-10-18(22(23,24)25)14-19(17)28(30)31;/h2-4,7-10,14,20H,5-6,11-13,15H2,1H3;1H/t20-;/m1./s1. The number of benzene rings is 2. The molecule has 1 saturated heterocycles. The van der Waals surface area contributed by atoms with Crippen LogP contribution in [0.1, 0.15) is 35.6 Å². The van der Waals surface area contributed by atoms with E-state index in [1.54, 1.807) is 7.05 Å². The van der Waals surface area contributed by atoms with Crippen LogP contribution in [0.25, 0.3) is 0 Å². The molecular weight excluding hydrogens is 447 g/mol. The first-order chi connectivity index (χ1) is 14.7. The van der Waals surface area contributed by atoms with Gasteiger partial charge in [0.2, 0.25) is 5.91 Å². The van der Waals surface area contributed by atoms with E-state index in [0.717, 1.165) is 43.6 Å². The van der Waals surface area contributed by atoms with Gasteiger partial charge in [-0.25, -0.2) is 0 Å². The Kier molecular flexibility index (Phi) is 8.63. The zero-order chi connectivity index (χ0) is 22.6. The molecule has 1 amide bonds. The van der Waals surface area contributed by atoms with Crippen molar-refractivity contribution in [2.75, 3.05) is 26.7 Å². The SMILES string of the molecule is CN(C(=O)Cc1ccc(C(F)(F)F)cc1[N+](=O)[O-])[C@H](CN1CCCC1)c1ccccc1.Cl. The zero-order valence-corrected chi connectivity index (χ0v) is 18.4. The number of nitro benzene ring substituents is 1. The van der Waals surface area contributed by atoms with Gasteiger partial charge in [0.25, 0.3) is 5.69 Å². The van der Waals surface area contributed by atoms with Crippen molar-refractivity contribution in [1.29, 1.82) is 0 Å². The molecule has 0 bridgehead atoms. The summed E-state index contributed by atoms with van der Waals surface area (Å²) in [6, 6.07) is 11.5. The van der Waals surface area contributed by atoms with E-state index in [4.69, 9.17) is 0 Å². The Balaban J connectivity index is 0.00000363. The van der Waals surface area contributed by atoms with Gasteiger partial charge < -0.3 is 9.80 Å². The van der Waals surface area contributed by atoms with Gasteiger partial charge in [-0.15, -0.1) is 12.4 Å². The van der Waals surface area contributed by atoms with Crippen molar-refractivity contribution in [3.05, 3.63) is 75.3 Å². The maximum absolute atomic E-state index is 13.0. The molecule has 2 aromatic carbocycles. The van der Waals surface area contributed by atoms with Gasteiger partial charge >= 0.3 is 6.18 Å². The minimum absolute atomic E-state index is 0. The van der Waals surface area contributed by atoms with Gasteiger partial charge in [-0.3, -0.25) is 14.9 Å². The summed E-state index contributed by atoms with van der Waals surface area (Å²) < 4.78 is 38.8. The molecule has 174 valence electrons. The molecule has 0 aliphatic carbocycles. The maximum Gasteiger partial charge on any atom is 0.416 e. The highest BCUT2D eigenvalue weighted by atomic mass is 35.5. The molecule has 1 heterocycles. The summed E-state index contributed by atoms with van der Waals surface area (Å²) in [4.78, 5) is 27.3. The number of carbonyl (C=O) groups is 1. The van der Waals surface area contributed by atoms with E-state index < -0.39 is 28.3 Å². The lowest BCUT2D eigenvalue weighted by atomic mass is 10.0. The fourth-order valence-corrected chi connectivity index (χ4v) is 3.86. The second-order valence-corrected chi connectivity index (χ2v) is 7.71. The summed E-state index contributed by atoms with van der Waals surface area (Å²) in [6.07, 6.45) is -2.86. The van der Waals surface area contributed by atoms with Crippen molar-refractivity contribution in [3.63, 3.8) is 0 Å². The van der Waals surface area contributed by atoms with Gasteiger partial charge in [-0.1, -0.05) is 36.4 Å². The summed E-state index contributed by atoms with van der Waals surface area (Å²) in [5.41, 5.74) is -0.915. The Morgan fingerprint density at radius 2 is 1.78 bits per heavy atom. The van der Waals surface area contributed by atoms with Crippen molar-refractivity contribution in [2.45, 2.75) is 31.5 Å². The first-order valence-corrected chi connectivity index (χ1v) is 10.0. The normalized spacial score (nSPS) is 15.1. The van der Waals surface area contributed by atoms with Crippen LogP contribution in [-0.2, 0) is 17.4 Å². The average molecular weight is 472 g/mol. The third kappa shape index (κ3) is 6.20. The Bertz CT molecular complexity index is 935. The number of carbonyl (C=O) groups excluding carboxylic acids is 1. The molecule has 32 heavy (non-hydrogen) atoms. The van der Waals surface area contributed by atoms with Crippen molar-refractivity contribution < 1.29 is 22.9 Å². The Morgan fingerprint density at radius 3 is 2.34 bits per heavy atom. The molecule has 1 aliphatic rings. The molecule has 1 atom stereocenters. The number of rotatable bonds is 7. The van der Waals surface area contributed by atoms with Crippen LogP contribution in [0, 0.1) is 10.1 Å². The minimum Gasteiger partial charge on any atom is -0.337 e. The van der Waals surface area contributed by atoms with Crippen LogP contribution in [0.15, 0.2) is 48.5 Å². The fourth-order valence-electron chi connectivity index (χ4n) is 3.86. The number of hydrogen-bond donors (Lipinski definition) is 0. The van der Waals surface area contributed by atoms with Crippen LogP contribution >= 0.6 is 12.4 Å². The first-order valence-electron chi connectivity index (χ1n) is 10.0. The Morgan fingerprint density at radius 1 is 1.16 bits per heavy atom. The van der Waals surface area contributed by atoms with Gasteiger partial charge in [0.15, 0.2) is 0 Å². The molecule has 3 rings (SSSR count). The number of likely N-dealkylation sites (N-methyl/N-ethyl adjacent to an activating group) is 1. The van der Waals surface area contributed by atoms with Gasteiger partial charge in [-0.05, 0) is 37.6 Å². The van der Waals surface area contributed by atoms with E-state index in [9.17, 15) is 28.1 Å².